The zero-order valence-corrected chi connectivity index (χ0v) is 18.3. The van der Waals surface area contributed by atoms with Crippen LogP contribution in [0.25, 0.3) is 0 Å². The highest BCUT2D eigenvalue weighted by molar-refractivity contribution is 6.31. The average Bonchev–Trinajstić information content (AvgIpc) is 3.15. The quantitative estimate of drug-likeness (QED) is 0.751. The van der Waals surface area contributed by atoms with Crippen molar-refractivity contribution < 1.29 is 14.3 Å². The highest BCUT2D eigenvalue weighted by Crippen LogP contribution is 2.29. The van der Waals surface area contributed by atoms with Crippen molar-refractivity contribution >= 4 is 29.4 Å². The first-order valence-corrected chi connectivity index (χ1v) is 10.9. The minimum absolute atomic E-state index is 0.0930. The molecule has 164 valence electrons. The van der Waals surface area contributed by atoms with Gasteiger partial charge in [-0.2, -0.15) is 0 Å². The van der Waals surface area contributed by atoms with Gasteiger partial charge in [0.05, 0.1) is 12.8 Å². The van der Waals surface area contributed by atoms with Crippen LogP contribution in [0.4, 0.5) is 15.3 Å². The summed E-state index contributed by atoms with van der Waals surface area (Å²) in [7, 11) is 1.55. The zero-order valence-electron chi connectivity index (χ0n) is 17.6. The third kappa shape index (κ3) is 4.88. The monoisotopic (exact) mass is 442 g/mol. The summed E-state index contributed by atoms with van der Waals surface area (Å²) in [4.78, 5) is 31.3. The van der Waals surface area contributed by atoms with E-state index < -0.39 is 0 Å². The molecule has 0 aromatic heterocycles. The summed E-state index contributed by atoms with van der Waals surface area (Å²) in [5.41, 5.74) is 1.69. The fraction of sp³-hybridized carbons (Fsp3) is 0.391. The highest BCUT2D eigenvalue weighted by atomic mass is 35.5. The van der Waals surface area contributed by atoms with Gasteiger partial charge in [-0.15, -0.1) is 0 Å². The summed E-state index contributed by atoms with van der Waals surface area (Å²) in [6, 6.07) is 15.2. The molecule has 7 nitrogen and oxygen atoms in total. The number of hydrogen-bond donors (Lipinski definition) is 1. The number of rotatable bonds is 5. The van der Waals surface area contributed by atoms with E-state index in [1.54, 1.807) is 30.2 Å². The van der Waals surface area contributed by atoms with Crippen molar-refractivity contribution in [2.24, 2.45) is 0 Å². The summed E-state index contributed by atoms with van der Waals surface area (Å²) >= 11 is 6.05. The number of nitrogens with one attached hydrogen (secondary N) is 1. The summed E-state index contributed by atoms with van der Waals surface area (Å²) in [6.45, 7) is 3.31. The van der Waals surface area contributed by atoms with E-state index in [-0.39, 0.29) is 18.1 Å². The molecule has 0 atom stereocenters. The molecule has 2 fully saturated rings. The maximum atomic E-state index is 12.9. The van der Waals surface area contributed by atoms with Crippen molar-refractivity contribution in [3.63, 3.8) is 0 Å². The molecule has 2 aliphatic rings. The molecule has 0 bridgehead atoms. The lowest BCUT2D eigenvalue weighted by molar-refractivity contribution is 0.139. The first-order chi connectivity index (χ1) is 15.0. The number of hydrogen-bond acceptors (Lipinski definition) is 3. The number of likely N-dealkylation sites (tertiary alicyclic amines) is 1. The van der Waals surface area contributed by atoms with E-state index in [2.05, 4.69) is 5.32 Å². The van der Waals surface area contributed by atoms with Gasteiger partial charge in [0.2, 0.25) is 0 Å². The lowest BCUT2D eigenvalue weighted by Crippen LogP contribution is -2.49. The first-order valence-electron chi connectivity index (χ1n) is 10.5. The Morgan fingerprint density at radius 3 is 2.55 bits per heavy atom. The van der Waals surface area contributed by atoms with E-state index in [1.807, 2.05) is 40.1 Å². The molecule has 0 unspecified atom stereocenters. The third-order valence-electron chi connectivity index (χ3n) is 5.94. The zero-order chi connectivity index (χ0) is 21.8. The molecule has 0 radical (unpaired) electrons. The van der Waals surface area contributed by atoms with Crippen molar-refractivity contribution in [3.05, 3.63) is 59.1 Å². The lowest BCUT2D eigenvalue weighted by Gasteiger charge is -2.36. The number of nitrogens with zero attached hydrogens (tertiary/aromatic N) is 3. The van der Waals surface area contributed by atoms with Gasteiger partial charge in [-0.3, -0.25) is 0 Å². The van der Waals surface area contributed by atoms with Gasteiger partial charge in [-0.1, -0.05) is 41.9 Å². The van der Waals surface area contributed by atoms with Gasteiger partial charge in [0.1, 0.15) is 5.75 Å². The Morgan fingerprint density at radius 2 is 1.84 bits per heavy atom. The van der Waals surface area contributed by atoms with Crippen LogP contribution in [-0.2, 0) is 6.54 Å². The maximum absolute atomic E-state index is 12.9. The number of urea groups is 2. The van der Waals surface area contributed by atoms with Gasteiger partial charge in [0.25, 0.3) is 0 Å². The molecule has 2 aliphatic heterocycles. The molecule has 2 aromatic rings. The smallest absolute Gasteiger partial charge is 0.321 e. The summed E-state index contributed by atoms with van der Waals surface area (Å²) in [6.07, 6.45) is 1.54. The Bertz CT molecular complexity index is 932. The van der Waals surface area contributed by atoms with E-state index in [0.717, 1.165) is 31.5 Å². The van der Waals surface area contributed by atoms with Crippen LogP contribution in [0.5, 0.6) is 5.75 Å². The molecule has 1 N–H and O–H groups in total. The summed E-state index contributed by atoms with van der Waals surface area (Å²) in [5.74, 6) is 0.564. The van der Waals surface area contributed by atoms with Crippen LogP contribution >= 0.6 is 11.6 Å². The van der Waals surface area contributed by atoms with Gasteiger partial charge in [0, 0.05) is 43.8 Å². The number of methoxy groups -OCH3 is 1. The molecular weight excluding hydrogens is 416 g/mol. The Labute approximate surface area is 187 Å². The number of amides is 4. The van der Waals surface area contributed by atoms with Crippen molar-refractivity contribution in [2.75, 3.05) is 38.6 Å². The summed E-state index contributed by atoms with van der Waals surface area (Å²) in [5, 5.41) is 3.42. The van der Waals surface area contributed by atoms with Crippen molar-refractivity contribution in [3.8, 4) is 5.75 Å². The van der Waals surface area contributed by atoms with Crippen molar-refractivity contribution in [1.29, 1.82) is 0 Å². The molecule has 0 saturated carbocycles. The number of halogens is 1. The second-order valence-electron chi connectivity index (χ2n) is 7.88. The average molecular weight is 443 g/mol. The van der Waals surface area contributed by atoms with Crippen molar-refractivity contribution in [2.45, 2.75) is 25.4 Å². The fourth-order valence-electron chi connectivity index (χ4n) is 4.24. The molecule has 2 heterocycles. The predicted molar refractivity (Wildman–Crippen MR) is 121 cm³/mol. The second-order valence-corrected chi connectivity index (χ2v) is 8.31. The number of anilines is 1. The van der Waals surface area contributed by atoms with Gasteiger partial charge in [-0.05, 0) is 36.6 Å². The number of carbonyl (C=O) groups is 2. The van der Waals surface area contributed by atoms with Crippen LogP contribution in [-0.4, -0.2) is 66.1 Å². The minimum Gasteiger partial charge on any atom is -0.495 e. The molecule has 0 aliphatic carbocycles. The van der Waals surface area contributed by atoms with Crippen LogP contribution < -0.4 is 10.1 Å². The van der Waals surface area contributed by atoms with Gasteiger partial charge in [-0.25, -0.2) is 9.59 Å². The Hall–Kier alpha value is -2.93. The molecule has 8 heteroatoms. The Balaban J connectivity index is 1.30. The molecule has 2 aromatic carbocycles. The largest absolute Gasteiger partial charge is 0.495 e. The van der Waals surface area contributed by atoms with E-state index in [1.165, 1.54) is 0 Å². The van der Waals surface area contributed by atoms with E-state index >= 15 is 0 Å². The second kappa shape index (κ2) is 9.47. The number of piperidine rings is 1. The number of benzene rings is 2. The van der Waals surface area contributed by atoms with Gasteiger partial charge in [0.15, 0.2) is 0 Å². The standard InChI is InChI=1S/C23H27ClN4O3/c1-31-21-8-7-18(24)15-20(21)25-22(29)26-11-9-19(10-12-26)28-14-13-27(23(28)30)16-17-5-3-2-4-6-17/h2-8,15,19H,9-14,16H2,1H3,(H,25,29). The topological polar surface area (TPSA) is 65.1 Å². The third-order valence-corrected chi connectivity index (χ3v) is 6.17. The van der Waals surface area contributed by atoms with Crippen LogP contribution in [0, 0.1) is 0 Å². The maximum Gasteiger partial charge on any atom is 0.321 e. The summed E-state index contributed by atoms with van der Waals surface area (Å²) < 4.78 is 5.30. The molecule has 31 heavy (non-hydrogen) atoms. The molecule has 4 amide bonds. The van der Waals surface area contributed by atoms with E-state index in [0.29, 0.717) is 36.1 Å². The van der Waals surface area contributed by atoms with Gasteiger partial charge < -0.3 is 24.8 Å². The molecular formula is C23H27ClN4O3. The molecule has 2 saturated heterocycles. The van der Waals surface area contributed by atoms with Gasteiger partial charge >= 0.3 is 12.1 Å². The van der Waals surface area contributed by atoms with Crippen molar-refractivity contribution in [1.82, 2.24) is 14.7 Å². The Kier molecular flexibility index (Phi) is 6.51. The first kappa shape index (κ1) is 21.3. The lowest BCUT2D eigenvalue weighted by atomic mass is 10.0. The fourth-order valence-corrected chi connectivity index (χ4v) is 4.42. The van der Waals surface area contributed by atoms with Crippen LogP contribution in [0.2, 0.25) is 5.02 Å². The Morgan fingerprint density at radius 1 is 1.10 bits per heavy atom. The number of carbonyl (C=O) groups excluding carboxylic acids is 2. The SMILES string of the molecule is COc1ccc(Cl)cc1NC(=O)N1CCC(N2CCN(Cc3ccccc3)C2=O)CC1. The molecule has 0 spiro atoms. The minimum atomic E-state index is -0.183. The van der Waals surface area contributed by atoms with Crippen LogP contribution in [0.3, 0.4) is 0 Å². The highest BCUT2D eigenvalue weighted by Gasteiger charge is 2.36. The predicted octanol–water partition coefficient (Wildman–Crippen LogP) is 4.28. The van der Waals surface area contributed by atoms with E-state index in [9.17, 15) is 9.59 Å². The number of ether oxygens (including phenoxy) is 1. The molecule has 4 rings (SSSR count). The normalized spacial score (nSPS) is 17.2. The van der Waals surface area contributed by atoms with Crippen LogP contribution in [0.15, 0.2) is 48.5 Å². The van der Waals surface area contributed by atoms with E-state index in [4.69, 9.17) is 16.3 Å². The van der Waals surface area contributed by atoms with Crippen LogP contribution in [0.1, 0.15) is 18.4 Å².